The van der Waals surface area contributed by atoms with Crippen LogP contribution in [0.3, 0.4) is 0 Å². The molecule has 0 aliphatic rings. The maximum absolute atomic E-state index is 11.2. The van der Waals surface area contributed by atoms with Crippen molar-refractivity contribution in [2.75, 3.05) is 34.0 Å². The molecular weight excluding hydrogens is 192 g/mol. The van der Waals surface area contributed by atoms with Gasteiger partial charge in [0.25, 0.3) is 0 Å². The number of aliphatic hydroxyl groups excluding tert-OH is 2. The van der Waals surface area contributed by atoms with Crippen LogP contribution in [0.4, 0.5) is 0 Å². The van der Waals surface area contributed by atoms with Crippen LogP contribution in [-0.4, -0.2) is 62.4 Å². The molecule has 0 saturated carbocycles. The van der Waals surface area contributed by atoms with Gasteiger partial charge in [0.05, 0.1) is 26.9 Å². The Morgan fingerprint density at radius 1 is 1.36 bits per heavy atom. The molecule has 0 aliphatic heterocycles. The summed E-state index contributed by atoms with van der Waals surface area (Å²) in [6.07, 6.45) is -1.80. The van der Waals surface area contributed by atoms with E-state index in [1.165, 1.54) is 14.2 Å². The lowest BCUT2D eigenvalue weighted by molar-refractivity contribution is -0.167. The summed E-state index contributed by atoms with van der Waals surface area (Å²) >= 11 is 0. The summed E-state index contributed by atoms with van der Waals surface area (Å²) in [5.74, 6) is -0.639. The van der Waals surface area contributed by atoms with Gasteiger partial charge in [-0.2, -0.15) is 0 Å². The van der Waals surface area contributed by atoms with E-state index in [-0.39, 0.29) is 19.8 Å². The van der Waals surface area contributed by atoms with Crippen molar-refractivity contribution >= 4 is 5.97 Å². The van der Waals surface area contributed by atoms with Crippen molar-refractivity contribution in [1.29, 1.82) is 0 Å². The molecule has 0 amide bonds. The molecule has 2 N–H and O–H groups in total. The molecule has 0 bridgehead atoms. The number of carbonyl (C=O) groups excluding carboxylic acids is 1. The number of ether oxygens (including phenoxy) is 3. The van der Waals surface area contributed by atoms with Crippen LogP contribution in [0.15, 0.2) is 0 Å². The molecule has 0 aromatic rings. The van der Waals surface area contributed by atoms with E-state index in [1.807, 2.05) is 0 Å². The van der Waals surface area contributed by atoms with Crippen LogP contribution < -0.4 is 0 Å². The minimum Gasteiger partial charge on any atom is -0.467 e. The monoisotopic (exact) mass is 208 g/mol. The van der Waals surface area contributed by atoms with Gasteiger partial charge in [0.2, 0.25) is 0 Å². The molecule has 2 atom stereocenters. The number of esters is 1. The second-order valence-corrected chi connectivity index (χ2v) is 2.49. The smallest absolute Gasteiger partial charge is 0.337 e. The second kappa shape index (κ2) is 7.69. The fourth-order valence-corrected chi connectivity index (χ4v) is 0.917. The Morgan fingerprint density at radius 3 is 2.36 bits per heavy atom. The second-order valence-electron chi connectivity index (χ2n) is 2.49. The first kappa shape index (κ1) is 13.3. The molecule has 0 aromatic carbocycles. The van der Waals surface area contributed by atoms with Crippen molar-refractivity contribution in [2.24, 2.45) is 0 Å². The van der Waals surface area contributed by atoms with Gasteiger partial charge in [-0.1, -0.05) is 0 Å². The maximum Gasteiger partial charge on any atom is 0.337 e. The molecule has 0 heterocycles. The minimum absolute atomic E-state index is 0.0143. The molecular formula is C8H16O6. The van der Waals surface area contributed by atoms with E-state index >= 15 is 0 Å². The van der Waals surface area contributed by atoms with Crippen molar-refractivity contribution in [3.05, 3.63) is 0 Å². The van der Waals surface area contributed by atoms with Crippen LogP contribution in [0.5, 0.6) is 0 Å². The molecule has 14 heavy (non-hydrogen) atoms. The van der Waals surface area contributed by atoms with E-state index in [9.17, 15) is 4.79 Å². The Hall–Kier alpha value is -0.690. The number of carbonyl (C=O) groups is 1. The third-order valence-electron chi connectivity index (χ3n) is 1.64. The minimum atomic E-state index is -1.01. The predicted octanol–water partition coefficient (Wildman–Crippen LogP) is -1.46. The first-order valence-corrected chi connectivity index (χ1v) is 4.15. The molecule has 6 heteroatoms. The zero-order chi connectivity index (χ0) is 11.0. The molecule has 0 radical (unpaired) electrons. The van der Waals surface area contributed by atoms with Gasteiger partial charge in [-0.3, -0.25) is 0 Å². The molecule has 1 unspecified atom stereocenters. The summed E-state index contributed by atoms with van der Waals surface area (Å²) in [5, 5.41) is 17.4. The average Bonchev–Trinajstić information content (AvgIpc) is 2.23. The van der Waals surface area contributed by atoms with Crippen LogP contribution in [0.25, 0.3) is 0 Å². The molecule has 0 fully saturated rings. The summed E-state index contributed by atoms with van der Waals surface area (Å²) in [7, 11) is 2.56. The van der Waals surface area contributed by atoms with Crippen LogP contribution in [0, 0.1) is 0 Å². The van der Waals surface area contributed by atoms with Crippen molar-refractivity contribution < 1.29 is 29.2 Å². The first-order chi connectivity index (χ1) is 6.71. The van der Waals surface area contributed by atoms with E-state index in [2.05, 4.69) is 4.74 Å². The zero-order valence-electron chi connectivity index (χ0n) is 8.30. The van der Waals surface area contributed by atoms with Crippen LogP contribution in [0.2, 0.25) is 0 Å². The highest BCUT2D eigenvalue weighted by atomic mass is 16.6. The van der Waals surface area contributed by atoms with Crippen LogP contribution in [-0.2, 0) is 19.0 Å². The number of hydrogen-bond acceptors (Lipinski definition) is 6. The quantitative estimate of drug-likeness (QED) is 0.498. The standard InChI is InChI=1S/C8H16O6/c1-12-6(5-10)7(8(11)13-2)14-4-3-9/h6-7,9-10H,3-5H2,1-2H3/t6-,7?/m0/s1. The SMILES string of the molecule is COC(=O)C(OCCO)[C@H](CO)OC. The number of rotatable bonds is 7. The van der Waals surface area contributed by atoms with E-state index in [1.54, 1.807) is 0 Å². The van der Waals surface area contributed by atoms with Gasteiger partial charge < -0.3 is 24.4 Å². The van der Waals surface area contributed by atoms with Crippen molar-refractivity contribution in [2.45, 2.75) is 12.2 Å². The van der Waals surface area contributed by atoms with E-state index in [0.29, 0.717) is 0 Å². The summed E-state index contributed by atoms with van der Waals surface area (Å²) in [4.78, 5) is 11.2. The third-order valence-corrected chi connectivity index (χ3v) is 1.64. The summed E-state index contributed by atoms with van der Waals surface area (Å²) in [6.45, 7) is -0.587. The molecule has 0 spiro atoms. The van der Waals surface area contributed by atoms with Gasteiger partial charge in [0, 0.05) is 7.11 Å². The molecule has 6 nitrogen and oxygen atoms in total. The number of methoxy groups -OCH3 is 2. The molecule has 0 saturated heterocycles. The van der Waals surface area contributed by atoms with Gasteiger partial charge in [-0.25, -0.2) is 4.79 Å². The first-order valence-electron chi connectivity index (χ1n) is 4.15. The van der Waals surface area contributed by atoms with Gasteiger partial charge >= 0.3 is 5.97 Å². The maximum atomic E-state index is 11.2. The lowest BCUT2D eigenvalue weighted by Crippen LogP contribution is -2.41. The highest BCUT2D eigenvalue weighted by molar-refractivity contribution is 5.75. The topological polar surface area (TPSA) is 85.2 Å². The lowest BCUT2D eigenvalue weighted by atomic mass is 10.2. The molecule has 84 valence electrons. The van der Waals surface area contributed by atoms with Crippen molar-refractivity contribution in [3.8, 4) is 0 Å². The Balaban J connectivity index is 4.27. The largest absolute Gasteiger partial charge is 0.467 e. The van der Waals surface area contributed by atoms with Crippen molar-refractivity contribution in [1.82, 2.24) is 0 Å². The molecule has 0 aliphatic carbocycles. The Bertz CT molecular complexity index is 156. The zero-order valence-corrected chi connectivity index (χ0v) is 8.30. The Morgan fingerprint density at radius 2 is 2.00 bits per heavy atom. The fraction of sp³-hybridized carbons (Fsp3) is 0.875. The lowest BCUT2D eigenvalue weighted by Gasteiger charge is -2.21. The van der Waals surface area contributed by atoms with Crippen LogP contribution in [0.1, 0.15) is 0 Å². The summed E-state index contributed by atoms with van der Waals surface area (Å²) in [5.41, 5.74) is 0. The van der Waals surface area contributed by atoms with E-state index in [4.69, 9.17) is 19.7 Å². The van der Waals surface area contributed by atoms with E-state index in [0.717, 1.165) is 0 Å². The molecule has 0 aromatic heterocycles. The number of aliphatic hydroxyl groups is 2. The highest BCUT2D eigenvalue weighted by Gasteiger charge is 2.29. The predicted molar refractivity (Wildman–Crippen MR) is 46.7 cm³/mol. The van der Waals surface area contributed by atoms with Gasteiger partial charge in [-0.15, -0.1) is 0 Å². The van der Waals surface area contributed by atoms with Gasteiger partial charge in [0.15, 0.2) is 6.10 Å². The van der Waals surface area contributed by atoms with Crippen molar-refractivity contribution in [3.63, 3.8) is 0 Å². The van der Waals surface area contributed by atoms with E-state index < -0.39 is 18.2 Å². The summed E-state index contributed by atoms with van der Waals surface area (Å²) < 4.78 is 14.3. The van der Waals surface area contributed by atoms with Gasteiger partial charge in [0.1, 0.15) is 6.10 Å². The Kier molecular flexibility index (Phi) is 7.31. The summed E-state index contributed by atoms with van der Waals surface area (Å²) in [6, 6.07) is 0. The number of hydrogen-bond donors (Lipinski definition) is 2. The van der Waals surface area contributed by atoms with Gasteiger partial charge in [-0.05, 0) is 0 Å². The molecule has 0 rings (SSSR count). The normalized spacial score (nSPS) is 14.9. The van der Waals surface area contributed by atoms with Crippen LogP contribution >= 0.6 is 0 Å². The highest BCUT2D eigenvalue weighted by Crippen LogP contribution is 2.05. The fourth-order valence-electron chi connectivity index (χ4n) is 0.917. The third kappa shape index (κ3) is 4.01. The average molecular weight is 208 g/mol. The Labute approximate surface area is 82.4 Å².